The molecule has 27 heavy (non-hydrogen) atoms. The van der Waals surface area contributed by atoms with Crippen LogP contribution in [0.4, 0.5) is 0 Å². The van der Waals surface area contributed by atoms with Gasteiger partial charge >= 0.3 is 5.97 Å². The number of nitrogens with one attached hydrogen (secondary N) is 2. The molecule has 3 N–H and O–H groups in total. The van der Waals surface area contributed by atoms with Gasteiger partial charge in [-0.05, 0) is 23.9 Å². The molecular formula is C18H18N2O6S. The van der Waals surface area contributed by atoms with Gasteiger partial charge in [0.2, 0.25) is 5.91 Å². The number of carboxylic acid groups (broad SMARTS) is 1. The lowest BCUT2D eigenvalue weighted by molar-refractivity contribution is -0.137. The molecule has 0 bridgehead atoms. The summed E-state index contributed by atoms with van der Waals surface area (Å²) in [5.41, 5.74) is 0. The summed E-state index contributed by atoms with van der Waals surface area (Å²) >= 11 is 1.28. The van der Waals surface area contributed by atoms with Gasteiger partial charge in [-0.2, -0.15) is 0 Å². The van der Waals surface area contributed by atoms with Gasteiger partial charge in [0.1, 0.15) is 18.7 Å². The maximum absolute atomic E-state index is 12.6. The molecule has 2 heterocycles. The number of carboxylic acids is 1. The highest BCUT2D eigenvalue weighted by molar-refractivity contribution is 7.20. The number of rotatable bonds is 7. The van der Waals surface area contributed by atoms with Crippen LogP contribution >= 0.6 is 11.3 Å². The van der Waals surface area contributed by atoms with Gasteiger partial charge in [-0.3, -0.25) is 19.2 Å². The first-order valence-electron chi connectivity index (χ1n) is 8.36. The molecule has 1 unspecified atom stereocenters. The number of hydrogen-bond acceptors (Lipinski definition) is 6. The summed E-state index contributed by atoms with van der Waals surface area (Å²) in [6.45, 7) is -0.000628. The summed E-state index contributed by atoms with van der Waals surface area (Å²) in [5.74, 6) is -2.40. The van der Waals surface area contributed by atoms with Gasteiger partial charge in [-0.25, -0.2) is 0 Å². The Morgan fingerprint density at radius 1 is 1.30 bits per heavy atom. The molecule has 0 spiro atoms. The van der Waals surface area contributed by atoms with Crippen LogP contribution in [0.1, 0.15) is 22.5 Å². The molecule has 1 fully saturated rings. The molecule has 3 rings (SSSR count). The van der Waals surface area contributed by atoms with E-state index >= 15 is 0 Å². The summed E-state index contributed by atoms with van der Waals surface area (Å²) in [7, 11) is 0. The van der Waals surface area contributed by atoms with Crippen molar-refractivity contribution in [1.82, 2.24) is 10.6 Å². The fourth-order valence-corrected chi connectivity index (χ4v) is 3.69. The van der Waals surface area contributed by atoms with Crippen LogP contribution in [0.3, 0.4) is 0 Å². The number of carbonyl (C=O) groups excluding carboxylic acids is 3. The molecule has 2 aromatic rings. The number of ether oxygens (including phenoxy) is 1. The molecule has 2 amide bonds. The largest absolute Gasteiger partial charge is 0.481 e. The van der Waals surface area contributed by atoms with Crippen molar-refractivity contribution in [2.45, 2.75) is 24.9 Å². The Morgan fingerprint density at radius 3 is 2.74 bits per heavy atom. The molecule has 142 valence electrons. The van der Waals surface area contributed by atoms with E-state index < -0.39 is 29.9 Å². The minimum Gasteiger partial charge on any atom is -0.481 e. The van der Waals surface area contributed by atoms with E-state index in [1.165, 1.54) is 11.3 Å². The number of benzene rings is 1. The Balaban J connectivity index is 1.71. The van der Waals surface area contributed by atoms with Gasteiger partial charge in [0.15, 0.2) is 5.78 Å². The Labute approximate surface area is 158 Å². The second-order valence-corrected chi connectivity index (χ2v) is 7.23. The molecule has 9 heteroatoms. The molecule has 1 saturated heterocycles. The predicted molar refractivity (Wildman–Crippen MR) is 97.7 cm³/mol. The van der Waals surface area contributed by atoms with Gasteiger partial charge in [-0.1, -0.05) is 18.2 Å². The van der Waals surface area contributed by atoms with Crippen LogP contribution in [0.2, 0.25) is 0 Å². The normalized spacial score (nSPS) is 17.6. The molecule has 2 atom stereocenters. The van der Waals surface area contributed by atoms with E-state index in [4.69, 9.17) is 9.84 Å². The van der Waals surface area contributed by atoms with Crippen molar-refractivity contribution in [2.24, 2.45) is 0 Å². The van der Waals surface area contributed by atoms with Gasteiger partial charge in [0.05, 0.1) is 11.5 Å². The second-order valence-electron chi connectivity index (χ2n) is 6.15. The van der Waals surface area contributed by atoms with E-state index in [2.05, 4.69) is 10.6 Å². The highest BCUT2D eigenvalue weighted by Crippen LogP contribution is 2.25. The van der Waals surface area contributed by atoms with Crippen molar-refractivity contribution in [3.05, 3.63) is 35.2 Å². The van der Waals surface area contributed by atoms with Gasteiger partial charge in [0.25, 0.3) is 5.91 Å². The first-order valence-corrected chi connectivity index (χ1v) is 9.18. The zero-order chi connectivity index (χ0) is 19.4. The fourth-order valence-electron chi connectivity index (χ4n) is 2.73. The third-order valence-electron chi connectivity index (χ3n) is 4.15. The van der Waals surface area contributed by atoms with Crippen molar-refractivity contribution in [1.29, 1.82) is 0 Å². The number of Topliss-reactive ketones (excluding diaryl/α,β-unsaturated/α-hetero) is 1. The first-order chi connectivity index (χ1) is 12.9. The highest BCUT2D eigenvalue weighted by atomic mass is 32.1. The van der Waals surface area contributed by atoms with E-state index in [-0.39, 0.29) is 31.8 Å². The standard InChI is InChI=1S/C18H18N2O6S/c21-13-9-26-8-12(13)20-17(24)11(5-6-16(22)23)19-18(25)15-7-10-3-1-2-4-14(10)27-15/h1-4,7,11-12H,5-6,8-9H2,(H,19,25)(H,20,24)(H,22,23)/t11-,12?/m0/s1. The van der Waals surface area contributed by atoms with Gasteiger partial charge < -0.3 is 20.5 Å². The zero-order valence-corrected chi connectivity index (χ0v) is 15.1. The maximum Gasteiger partial charge on any atom is 0.303 e. The Bertz CT molecular complexity index is 860. The minimum absolute atomic E-state index is 0.0699. The molecular weight excluding hydrogens is 372 g/mol. The molecule has 0 saturated carbocycles. The van der Waals surface area contributed by atoms with Crippen molar-refractivity contribution >= 4 is 45.0 Å². The van der Waals surface area contributed by atoms with Crippen molar-refractivity contribution in [3.63, 3.8) is 0 Å². The SMILES string of the molecule is O=C(O)CC[C@H](NC(=O)c1cc2ccccc2s1)C(=O)NC1COCC1=O. The molecule has 1 aliphatic rings. The fraction of sp³-hybridized carbons (Fsp3) is 0.333. The number of ketones is 1. The maximum atomic E-state index is 12.6. The van der Waals surface area contributed by atoms with Gasteiger partial charge in [0, 0.05) is 11.1 Å². The summed E-state index contributed by atoms with van der Waals surface area (Å²) < 4.78 is 5.92. The van der Waals surface area contributed by atoms with E-state index in [1.807, 2.05) is 24.3 Å². The molecule has 0 radical (unpaired) electrons. The lowest BCUT2D eigenvalue weighted by atomic mass is 10.1. The first kappa shape index (κ1) is 19.0. The van der Waals surface area contributed by atoms with Crippen molar-refractivity contribution < 1.29 is 29.0 Å². The summed E-state index contributed by atoms with van der Waals surface area (Å²) in [6, 6.07) is 7.37. The Kier molecular flexibility index (Phi) is 5.82. The highest BCUT2D eigenvalue weighted by Gasteiger charge is 2.30. The number of carbonyl (C=O) groups is 4. The van der Waals surface area contributed by atoms with E-state index in [0.717, 1.165) is 10.1 Å². The monoisotopic (exact) mass is 390 g/mol. The van der Waals surface area contributed by atoms with Crippen LogP contribution in [0.5, 0.6) is 0 Å². The van der Waals surface area contributed by atoms with Crippen molar-refractivity contribution in [3.8, 4) is 0 Å². The molecule has 1 aromatic heterocycles. The lowest BCUT2D eigenvalue weighted by Gasteiger charge is -2.19. The Hall–Kier alpha value is -2.78. The zero-order valence-electron chi connectivity index (χ0n) is 14.3. The lowest BCUT2D eigenvalue weighted by Crippen LogP contribution is -2.51. The summed E-state index contributed by atoms with van der Waals surface area (Å²) in [5, 5.41) is 14.9. The van der Waals surface area contributed by atoms with E-state index in [0.29, 0.717) is 4.88 Å². The van der Waals surface area contributed by atoms with Crippen LogP contribution < -0.4 is 10.6 Å². The van der Waals surface area contributed by atoms with E-state index in [9.17, 15) is 19.2 Å². The van der Waals surface area contributed by atoms with Crippen LogP contribution in [0.15, 0.2) is 30.3 Å². The predicted octanol–water partition coefficient (Wildman–Crippen LogP) is 0.949. The third-order valence-corrected chi connectivity index (χ3v) is 5.27. The number of aliphatic carboxylic acids is 1. The number of hydrogen-bond donors (Lipinski definition) is 3. The quantitative estimate of drug-likeness (QED) is 0.647. The number of fused-ring (bicyclic) bond motifs is 1. The smallest absolute Gasteiger partial charge is 0.303 e. The van der Waals surface area contributed by atoms with Crippen LogP contribution in [-0.2, 0) is 19.1 Å². The van der Waals surface area contributed by atoms with Crippen LogP contribution in [-0.4, -0.2) is 54.0 Å². The molecule has 8 nitrogen and oxygen atoms in total. The molecule has 0 aliphatic carbocycles. The van der Waals surface area contributed by atoms with E-state index in [1.54, 1.807) is 6.07 Å². The van der Waals surface area contributed by atoms with Crippen LogP contribution in [0, 0.1) is 0 Å². The topological polar surface area (TPSA) is 122 Å². The summed E-state index contributed by atoms with van der Waals surface area (Å²) in [6.07, 6.45) is -0.376. The minimum atomic E-state index is -1.08. The molecule has 1 aliphatic heterocycles. The van der Waals surface area contributed by atoms with Crippen LogP contribution in [0.25, 0.3) is 10.1 Å². The van der Waals surface area contributed by atoms with Gasteiger partial charge in [-0.15, -0.1) is 11.3 Å². The van der Waals surface area contributed by atoms with Crippen molar-refractivity contribution in [2.75, 3.05) is 13.2 Å². The Morgan fingerprint density at radius 2 is 2.07 bits per heavy atom. The summed E-state index contributed by atoms with van der Waals surface area (Å²) in [4.78, 5) is 48.0. The average Bonchev–Trinajstić information content (AvgIpc) is 3.24. The average molecular weight is 390 g/mol. The number of amides is 2. The molecule has 1 aromatic carbocycles. The third kappa shape index (κ3) is 4.69. The second kappa shape index (κ2) is 8.28. The number of thiophene rings is 1.